The first-order chi connectivity index (χ1) is 19.7. The largest absolute Gasteiger partial charge is 0.368 e. The third-order valence-corrected chi connectivity index (χ3v) is 9.89. The molecule has 1 atom stereocenters. The Morgan fingerprint density at radius 2 is 1.85 bits per heavy atom. The normalized spacial score (nSPS) is 16.5. The molecule has 2 aliphatic carbocycles. The van der Waals surface area contributed by atoms with Crippen LogP contribution in [0.15, 0.2) is 34.2 Å². The minimum Gasteiger partial charge on any atom is -0.368 e. The quantitative estimate of drug-likeness (QED) is 0.299. The molecule has 0 aromatic carbocycles. The molecule has 2 aliphatic rings. The molecule has 2 fully saturated rings. The fraction of sp³-hybridized carbons (Fsp3) is 0.464. The molecule has 214 valence electrons. The van der Waals surface area contributed by atoms with Crippen LogP contribution in [0.3, 0.4) is 0 Å². The number of rotatable bonds is 9. The third-order valence-electron chi connectivity index (χ3n) is 8.17. The summed E-state index contributed by atoms with van der Waals surface area (Å²) in [6, 6.07) is 3.07. The van der Waals surface area contributed by atoms with Crippen molar-refractivity contribution >= 4 is 32.8 Å². The number of nitrogens with one attached hydrogen (secondary N) is 1. The zero-order valence-corrected chi connectivity index (χ0v) is 24.1. The zero-order chi connectivity index (χ0) is 28.9. The molecule has 0 spiro atoms. The first kappa shape index (κ1) is 27.2. The molecule has 6 rings (SSSR count). The molecule has 13 heteroatoms. The lowest BCUT2D eigenvalue weighted by atomic mass is 9.80. The summed E-state index contributed by atoms with van der Waals surface area (Å²) in [5.74, 6) is 1.53. The van der Waals surface area contributed by atoms with Gasteiger partial charge in [-0.05, 0) is 57.6 Å². The highest BCUT2D eigenvalue weighted by Crippen LogP contribution is 2.44. The molecule has 0 radical (unpaired) electrons. The Kier molecular flexibility index (Phi) is 6.92. The van der Waals surface area contributed by atoms with E-state index in [2.05, 4.69) is 37.2 Å². The number of anilines is 2. The highest BCUT2D eigenvalue weighted by molar-refractivity contribution is 7.91. The van der Waals surface area contributed by atoms with Gasteiger partial charge in [0.25, 0.3) is 5.56 Å². The number of sulfone groups is 1. The second kappa shape index (κ2) is 10.4. The summed E-state index contributed by atoms with van der Waals surface area (Å²) in [6.07, 6.45) is 8.28. The van der Waals surface area contributed by atoms with Crippen molar-refractivity contribution in [1.29, 1.82) is 0 Å². The van der Waals surface area contributed by atoms with E-state index in [9.17, 15) is 13.2 Å². The van der Waals surface area contributed by atoms with Crippen LogP contribution in [-0.2, 0) is 16.4 Å². The van der Waals surface area contributed by atoms with E-state index in [-0.39, 0.29) is 40.6 Å². The summed E-state index contributed by atoms with van der Waals surface area (Å²) in [6.45, 7) is 5.72. The van der Waals surface area contributed by atoms with Gasteiger partial charge in [0.1, 0.15) is 5.52 Å². The lowest BCUT2D eigenvalue weighted by molar-refractivity contribution is 0.222. The maximum Gasteiger partial charge on any atom is 0.295 e. The molecule has 12 nitrogen and oxygen atoms in total. The van der Waals surface area contributed by atoms with Gasteiger partial charge in [0, 0.05) is 18.2 Å². The Morgan fingerprint density at radius 1 is 1.07 bits per heavy atom. The number of aryl methyl sites for hydroxylation is 1. The number of aromatic nitrogens is 7. The van der Waals surface area contributed by atoms with Crippen molar-refractivity contribution in [2.45, 2.75) is 76.3 Å². The predicted octanol–water partition coefficient (Wildman–Crippen LogP) is 3.57. The van der Waals surface area contributed by atoms with Gasteiger partial charge in [-0.2, -0.15) is 0 Å². The van der Waals surface area contributed by atoms with Gasteiger partial charge in [-0.15, -0.1) is 0 Å². The highest BCUT2D eigenvalue weighted by atomic mass is 32.2. The molecule has 0 saturated heterocycles. The number of fused-ring (bicyclic) bond motifs is 1. The van der Waals surface area contributed by atoms with Crippen LogP contribution in [0.5, 0.6) is 0 Å². The van der Waals surface area contributed by atoms with Gasteiger partial charge < -0.3 is 11.1 Å². The van der Waals surface area contributed by atoms with E-state index in [1.165, 1.54) is 12.3 Å². The van der Waals surface area contributed by atoms with Crippen LogP contribution in [-0.4, -0.2) is 48.6 Å². The summed E-state index contributed by atoms with van der Waals surface area (Å²) in [7, 11) is -3.34. The molecule has 41 heavy (non-hydrogen) atoms. The van der Waals surface area contributed by atoms with Crippen molar-refractivity contribution < 1.29 is 8.42 Å². The first-order valence-corrected chi connectivity index (χ1v) is 15.7. The molecular weight excluding hydrogens is 542 g/mol. The maximum atomic E-state index is 13.9. The van der Waals surface area contributed by atoms with Crippen LogP contribution in [0.25, 0.3) is 22.6 Å². The van der Waals surface area contributed by atoms with Gasteiger partial charge in [-0.25, -0.2) is 33.3 Å². The van der Waals surface area contributed by atoms with Crippen LogP contribution < -0.4 is 16.6 Å². The summed E-state index contributed by atoms with van der Waals surface area (Å²) >= 11 is 0. The molecule has 4 aromatic heterocycles. The van der Waals surface area contributed by atoms with Gasteiger partial charge in [-0.1, -0.05) is 13.3 Å². The van der Waals surface area contributed by atoms with Gasteiger partial charge in [-0.3, -0.25) is 14.3 Å². The van der Waals surface area contributed by atoms with Crippen LogP contribution in [0.1, 0.15) is 75.0 Å². The van der Waals surface area contributed by atoms with Crippen LogP contribution in [0.4, 0.5) is 11.8 Å². The van der Waals surface area contributed by atoms with E-state index in [0.29, 0.717) is 40.2 Å². The van der Waals surface area contributed by atoms with E-state index in [4.69, 9.17) is 10.7 Å². The number of pyridine rings is 1. The van der Waals surface area contributed by atoms with E-state index >= 15 is 0 Å². The average molecular weight is 576 g/mol. The Hall–Kier alpha value is -4.00. The molecule has 0 amide bonds. The van der Waals surface area contributed by atoms with Crippen LogP contribution in [0, 0.1) is 12.8 Å². The number of nitrogens with zero attached hydrogens (tertiary/aromatic N) is 7. The summed E-state index contributed by atoms with van der Waals surface area (Å²) in [5, 5.41) is 3.11. The molecule has 4 heterocycles. The Labute approximate surface area is 237 Å². The van der Waals surface area contributed by atoms with E-state index in [0.717, 1.165) is 43.4 Å². The fourth-order valence-electron chi connectivity index (χ4n) is 5.33. The van der Waals surface area contributed by atoms with Crippen molar-refractivity contribution in [2.24, 2.45) is 5.92 Å². The molecule has 0 aliphatic heterocycles. The Balaban J connectivity index is 1.40. The van der Waals surface area contributed by atoms with Gasteiger partial charge >= 0.3 is 0 Å². The summed E-state index contributed by atoms with van der Waals surface area (Å²) < 4.78 is 26.0. The highest BCUT2D eigenvalue weighted by Gasteiger charge is 2.32. The zero-order valence-electron chi connectivity index (χ0n) is 23.3. The first-order valence-electron chi connectivity index (χ1n) is 14.0. The molecule has 3 N–H and O–H groups in total. The number of hydrogen-bond donors (Lipinski definition) is 2. The minimum absolute atomic E-state index is 0.00259. The average Bonchev–Trinajstić information content (AvgIpc) is 3.76. The number of nitrogens with two attached hydrogens (primary N) is 1. The topological polar surface area (TPSA) is 172 Å². The van der Waals surface area contributed by atoms with Crippen molar-refractivity contribution in [3.63, 3.8) is 0 Å². The Bertz CT molecular complexity index is 1800. The van der Waals surface area contributed by atoms with Crippen molar-refractivity contribution in [3.8, 4) is 11.4 Å². The van der Waals surface area contributed by atoms with E-state index in [1.54, 1.807) is 23.8 Å². The Morgan fingerprint density at radius 3 is 2.49 bits per heavy atom. The van der Waals surface area contributed by atoms with Crippen LogP contribution in [0.2, 0.25) is 0 Å². The molecule has 1 unspecified atom stereocenters. The number of hydrogen-bond acceptors (Lipinski definition) is 11. The van der Waals surface area contributed by atoms with Gasteiger partial charge in [0.2, 0.25) is 5.95 Å². The summed E-state index contributed by atoms with van der Waals surface area (Å²) in [5.41, 5.74) is 9.55. The van der Waals surface area contributed by atoms with Crippen LogP contribution >= 0.6 is 0 Å². The lowest BCUT2D eigenvalue weighted by Crippen LogP contribution is -2.33. The summed E-state index contributed by atoms with van der Waals surface area (Å²) in [4.78, 5) is 41.4. The van der Waals surface area contributed by atoms with E-state index in [1.807, 2.05) is 6.92 Å². The minimum atomic E-state index is -3.34. The third kappa shape index (κ3) is 5.14. The lowest BCUT2D eigenvalue weighted by Gasteiger charge is -2.33. The predicted molar refractivity (Wildman–Crippen MR) is 155 cm³/mol. The van der Waals surface area contributed by atoms with Crippen molar-refractivity contribution in [1.82, 2.24) is 34.5 Å². The SMILES string of the molecule is CCS(=O)(=O)c1ccc(CNc2nc3cnc(-c4c(C)nc(N)nc4C4CC4)nc3n(C(C)C3CCC3)c2=O)nc1. The standard InChI is InChI=1S/C28H33N9O3S/c1-4-41(39,40)20-11-10-19(30-13-20)12-31-25-27(38)37(16(3)17-6-5-7-17)26-21(34-25)14-32-24(36-26)22-15(2)33-28(29)35-23(22)18-8-9-18/h10-11,13-14,16-18H,4-9,12H2,1-3H3,(H,31,34)(H2,29,33,35). The molecule has 2 saturated carbocycles. The molecule has 4 aromatic rings. The van der Waals surface area contributed by atoms with E-state index < -0.39 is 9.84 Å². The molecular formula is C28H33N9O3S. The molecule has 0 bridgehead atoms. The monoisotopic (exact) mass is 575 g/mol. The second-order valence-corrected chi connectivity index (χ2v) is 13.2. The van der Waals surface area contributed by atoms with Crippen molar-refractivity contribution in [2.75, 3.05) is 16.8 Å². The van der Waals surface area contributed by atoms with Gasteiger partial charge in [0.15, 0.2) is 27.1 Å². The second-order valence-electron chi connectivity index (χ2n) is 10.9. The fourth-order valence-corrected chi connectivity index (χ4v) is 6.16. The smallest absolute Gasteiger partial charge is 0.295 e. The number of nitrogen functional groups attached to an aromatic ring is 1. The van der Waals surface area contributed by atoms with Crippen molar-refractivity contribution in [3.05, 3.63) is 52.0 Å². The maximum absolute atomic E-state index is 13.9. The van der Waals surface area contributed by atoms with Gasteiger partial charge in [0.05, 0.1) is 46.0 Å².